The van der Waals surface area contributed by atoms with E-state index in [4.69, 9.17) is 59.4 Å². The van der Waals surface area contributed by atoms with Gasteiger partial charge in [-0.05, 0) is 41.5 Å². The van der Waals surface area contributed by atoms with Crippen molar-refractivity contribution in [2.75, 3.05) is 0 Å². The van der Waals surface area contributed by atoms with Gasteiger partial charge >= 0.3 is 74.1 Å². The fourth-order valence-electron chi connectivity index (χ4n) is 0. The van der Waals surface area contributed by atoms with Crippen molar-refractivity contribution in [3.05, 3.63) is 0 Å². The number of carboxylic acids is 6. The summed E-state index contributed by atoms with van der Waals surface area (Å²) in [6, 6.07) is 0. The average Bonchev–Trinajstić information content (AvgIpc) is 2.08. The summed E-state index contributed by atoms with van der Waals surface area (Å²) in [6.45, 7) is 5.83. The maximum atomic E-state index is 8.89. The molecule has 0 saturated carbocycles. The van der Waals surface area contributed by atoms with Crippen molar-refractivity contribution >= 4 is 35.8 Å². The molecule has 0 heterocycles. The van der Waals surface area contributed by atoms with Crippen molar-refractivity contribution in [3.8, 4) is 0 Å². The second-order valence-electron chi connectivity index (χ2n) is 2.95. The van der Waals surface area contributed by atoms with Gasteiger partial charge in [-0.15, -0.1) is 0 Å². The van der Waals surface area contributed by atoms with E-state index < -0.39 is 35.8 Å². The molecule has 0 fully saturated rings. The Labute approximate surface area is 209 Å². The molecule has 27 heavy (non-hydrogen) atoms. The number of carbonyl (C=O) groups is 6. The predicted molar refractivity (Wildman–Crippen MR) is 64.1 cm³/mol. The molecule has 0 amide bonds. The van der Waals surface area contributed by atoms with E-state index in [1.165, 1.54) is 0 Å². The van der Waals surface area contributed by atoms with Crippen LogP contribution in [0.15, 0.2) is 0 Å². The van der Waals surface area contributed by atoms with Crippen molar-refractivity contribution in [3.63, 3.8) is 0 Å². The monoisotopic (exact) mass is 646 g/mol. The first-order valence-corrected chi connectivity index (χ1v) is 5.45. The number of carbonyl (C=O) groups excluding carboxylic acids is 6. The summed E-state index contributed by atoms with van der Waals surface area (Å²) in [5.74, 6) is -6.50. The zero-order valence-corrected chi connectivity index (χ0v) is 27.1. The normalized spacial score (nSPS) is 5.56. The Hall–Kier alpha value is -0.712. The van der Waals surface area contributed by atoms with Crippen molar-refractivity contribution in [1.29, 1.82) is 0 Å². The summed E-state index contributed by atoms with van der Waals surface area (Å²) < 4.78 is 0. The number of hydrogen-bond donors (Lipinski definition) is 0. The number of rotatable bonds is 0. The maximum Gasteiger partial charge on any atom is 2.00 e. The quantitative estimate of drug-likeness (QED) is 0.223. The van der Waals surface area contributed by atoms with E-state index in [9.17, 15) is 0 Å². The fraction of sp³-hybridized carbons (Fsp3) is 0.500. The summed E-state index contributed by atoms with van der Waals surface area (Å²) in [4.78, 5) is 53.3. The van der Waals surface area contributed by atoms with Crippen molar-refractivity contribution in [2.45, 2.75) is 41.5 Å². The summed E-state index contributed by atoms with van der Waals surface area (Å²) in [5.41, 5.74) is 0. The second kappa shape index (κ2) is 49.9. The minimum atomic E-state index is -1.08. The van der Waals surface area contributed by atoms with Crippen LogP contribution in [0.25, 0.3) is 0 Å². The van der Waals surface area contributed by atoms with Crippen LogP contribution in [0.3, 0.4) is 0 Å². The van der Waals surface area contributed by atoms with Gasteiger partial charge in [-0.25, -0.2) is 0 Å². The molecule has 0 aliphatic heterocycles. The van der Waals surface area contributed by atoms with E-state index >= 15 is 0 Å². The largest absolute Gasteiger partial charge is 2.00 e. The third-order valence-corrected chi connectivity index (χ3v) is 0. The predicted octanol–water partition coefficient (Wildman–Crippen LogP) is -7.47. The van der Waals surface area contributed by atoms with Gasteiger partial charge < -0.3 is 59.4 Å². The van der Waals surface area contributed by atoms with Crippen LogP contribution in [0.1, 0.15) is 41.5 Å². The van der Waals surface area contributed by atoms with Gasteiger partial charge in [0, 0.05) is 35.8 Å². The average molecular weight is 644 g/mol. The molecule has 0 aromatic carbocycles. The molecular weight excluding hydrogens is 626 g/mol. The summed E-state index contributed by atoms with van der Waals surface area (Å²) in [5, 5.41) is 53.3. The van der Waals surface area contributed by atoms with Crippen LogP contribution in [0.2, 0.25) is 0 Å². The molecule has 0 unspecified atom stereocenters. The van der Waals surface area contributed by atoms with E-state index in [2.05, 4.69) is 0 Å². The van der Waals surface area contributed by atoms with E-state index in [1.54, 1.807) is 0 Å². The van der Waals surface area contributed by atoms with E-state index in [0.29, 0.717) is 0 Å². The summed E-state index contributed by atoms with van der Waals surface area (Å²) >= 11 is 0. The van der Waals surface area contributed by atoms with E-state index in [0.717, 1.165) is 41.5 Å². The zero-order valence-electron chi connectivity index (χ0n) is 16.0. The number of carboxylic acid groups (broad SMARTS) is 6. The molecule has 0 rings (SSSR count). The van der Waals surface area contributed by atoms with Crippen molar-refractivity contribution < 1.29 is 133 Å². The van der Waals surface area contributed by atoms with Gasteiger partial charge in [0.1, 0.15) is 0 Å². The van der Waals surface area contributed by atoms with Gasteiger partial charge in [-0.3, -0.25) is 0 Å². The third kappa shape index (κ3) is 27000. The van der Waals surface area contributed by atoms with E-state index in [-0.39, 0.29) is 74.1 Å². The van der Waals surface area contributed by atoms with Gasteiger partial charge in [0.15, 0.2) is 0 Å². The maximum absolute atomic E-state index is 8.89. The first kappa shape index (κ1) is 56.2. The van der Waals surface area contributed by atoms with Crippen molar-refractivity contribution in [2.24, 2.45) is 0 Å². The molecule has 12 nitrogen and oxygen atoms in total. The summed E-state index contributed by atoms with van der Waals surface area (Å²) in [6.07, 6.45) is 0. The fourth-order valence-corrected chi connectivity index (χ4v) is 0. The molecule has 0 spiro atoms. The Morgan fingerprint density at radius 1 is 0.370 bits per heavy atom. The van der Waals surface area contributed by atoms with Crippen LogP contribution in [0.5, 0.6) is 0 Å². The molecule has 0 saturated heterocycles. The Morgan fingerprint density at radius 2 is 0.370 bits per heavy atom. The van der Waals surface area contributed by atoms with Gasteiger partial charge in [-0.2, -0.15) is 0 Å². The first-order chi connectivity index (χ1) is 10.4. The number of hydrogen-bond acceptors (Lipinski definition) is 12. The molecule has 0 aliphatic rings. The SMILES string of the molecule is CC(=O)[O-].CC(=O)[O-].CC(=O)[O-].CC(=O)[O-].CC(=O)[O-].CC(=O)[O-].[Cd+2].[Cd+2].[Zn+2]. The molecule has 0 aromatic heterocycles. The molecule has 15 heteroatoms. The topological polar surface area (TPSA) is 241 Å². The molecule has 0 N–H and O–H groups in total. The van der Waals surface area contributed by atoms with Crippen LogP contribution in [0, 0.1) is 0 Å². The van der Waals surface area contributed by atoms with E-state index in [1.807, 2.05) is 0 Å². The smallest absolute Gasteiger partial charge is 0.550 e. The van der Waals surface area contributed by atoms with Crippen LogP contribution < -0.4 is 30.6 Å². The molecule has 0 radical (unpaired) electrons. The molecular formula is C12H18Cd2O12Zn. The third-order valence-electron chi connectivity index (χ3n) is 0. The molecule has 0 aliphatic carbocycles. The molecule has 0 atom stereocenters. The minimum absolute atomic E-state index is 0. The zero-order chi connectivity index (χ0) is 21.5. The Bertz CT molecular complexity index is 272. The number of aliphatic carboxylic acids is 6. The minimum Gasteiger partial charge on any atom is -0.550 e. The Balaban J connectivity index is -0.0000000201. The standard InChI is InChI=1S/6C2H4O2.2Cd.Zn/c6*1-2(3)4;;;/h6*1H3,(H,3,4);;;/q;;;;;;3*+2/p-6. The van der Waals surface area contributed by atoms with Gasteiger partial charge in [0.05, 0.1) is 0 Å². The van der Waals surface area contributed by atoms with Gasteiger partial charge in [0.25, 0.3) is 0 Å². The molecule has 144 valence electrons. The van der Waals surface area contributed by atoms with Crippen LogP contribution >= 0.6 is 0 Å². The van der Waals surface area contributed by atoms with Crippen LogP contribution in [-0.4, -0.2) is 35.8 Å². The molecule has 0 aromatic rings. The second-order valence-corrected chi connectivity index (χ2v) is 2.95. The first-order valence-electron chi connectivity index (χ1n) is 5.45. The van der Waals surface area contributed by atoms with Crippen molar-refractivity contribution in [1.82, 2.24) is 0 Å². The summed E-state index contributed by atoms with van der Waals surface area (Å²) in [7, 11) is 0. The van der Waals surface area contributed by atoms with Crippen LogP contribution in [-0.2, 0) is 103 Å². The van der Waals surface area contributed by atoms with Crippen LogP contribution in [0.4, 0.5) is 0 Å². The Kier molecular flexibility index (Phi) is 104. The molecule has 0 bridgehead atoms. The van der Waals surface area contributed by atoms with Gasteiger partial charge in [-0.1, -0.05) is 0 Å². The Morgan fingerprint density at radius 3 is 0.370 bits per heavy atom. The van der Waals surface area contributed by atoms with Gasteiger partial charge in [0.2, 0.25) is 0 Å².